The fourth-order valence-corrected chi connectivity index (χ4v) is 1.26. The van der Waals surface area contributed by atoms with Gasteiger partial charge in [0.25, 0.3) is 0 Å². The predicted molar refractivity (Wildman–Crippen MR) is 40.0 cm³/mol. The van der Waals surface area contributed by atoms with Crippen molar-refractivity contribution >= 4 is 15.9 Å². The van der Waals surface area contributed by atoms with Crippen molar-refractivity contribution in [2.75, 3.05) is 18.8 Å². The molecule has 0 saturated carbocycles. The number of hydrogen-bond donors (Lipinski definition) is 3. The van der Waals surface area contributed by atoms with Crippen LogP contribution in [0.5, 0.6) is 0 Å². The first-order chi connectivity index (χ1) is 5.02. The smallest absolute Gasteiger partial charge is 0.247 e. The van der Waals surface area contributed by atoms with E-state index < -0.39 is 15.9 Å². The maximum absolute atomic E-state index is 10.7. The van der Waals surface area contributed by atoms with Gasteiger partial charge in [-0.15, -0.1) is 0 Å². The molecule has 0 aliphatic rings. The highest BCUT2D eigenvalue weighted by molar-refractivity contribution is 7.90. The predicted octanol–water partition coefficient (Wildman–Crippen LogP) is -2.65. The minimum absolute atomic E-state index is 0.0207. The lowest BCUT2D eigenvalue weighted by atomic mass is 10.7. The summed E-state index contributed by atoms with van der Waals surface area (Å²) < 4.78 is 23.2. The molecule has 0 bridgehead atoms. The number of rotatable bonds is 4. The monoisotopic (exact) mass is 181 g/mol. The van der Waals surface area contributed by atoms with E-state index in [1.807, 2.05) is 0 Å². The van der Waals surface area contributed by atoms with Gasteiger partial charge in [-0.3, -0.25) is 9.52 Å². The second-order valence-electron chi connectivity index (χ2n) is 1.84. The van der Waals surface area contributed by atoms with Gasteiger partial charge < -0.3 is 11.5 Å². The molecule has 0 saturated heterocycles. The summed E-state index contributed by atoms with van der Waals surface area (Å²) in [6.45, 7) is -0.364. The maximum Gasteiger partial charge on any atom is 0.247 e. The van der Waals surface area contributed by atoms with Crippen molar-refractivity contribution in [3.63, 3.8) is 0 Å². The Kier molecular flexibility index (Phi) is 4.01. The van der Waals surface area contributed by atoms with E-state index in [-0.39, 0.29) is 18.8 Å². The Morgan fingerprint density at radius 3 is 2.27 bits per heavy atom. The number of sulfonamides is 1. The molecule has 0 spiro atoms. The van der Waals surface area contributed by atoms with Crippen molar-refractivity contribution < 1.29 is 13.2 Å². The molecular weight excluding hydrogens is 170 g/mol. The van der Waals surface area contributed by atoms with Gasteiger partial charge in [0.1, 0.15) is 0 Å². The molecule has 0 aromatic carbocycles. The summed E-state index contributed by atoms with van der Waals surface area (Å²) >= 11 is 0. The molecule has 66 valence electrons. The molecular formula is C4H11N3O3S. The van der Waals surface area contributed by atoms with Crippen LogP contribution in [0.15, 0.2) is 0 Å². The van der Waals surface area contributed by atoms with Crippen LogP contribution in [0.1, 0.15) is 0 Å². The van der Waals surface area contributed by atoms with Gasteiger partial charge in [0, 0.05) is 6.54 Å². The molecule has 11 heavy (non-hydrogen) atoms. The zero-order chi connectivity index (χ0) is 8.91. The molecule has 6 nitrogen and oxygen atoms in total. The number of nitrogens with one attached hydrogen (secondary N) is 1. The Morgan fingerprint density at radius 2 is 1.91 bits per heavy atom. The quantitative estimate of drug-likeness (QED) is 0.438. The summed E-state index contributed by atoms with van der Waals surface area (Å²) in [5.74, 6) is -0.989. The van der Waals surface area contributed by atoms with Gasteiger partial charge in [0.15, 0.2) is 0 Å². The van der Waals surface area contributed by atoms with Crippen molar-refractivity contribution in [1.82, 2.24) is 4.72 Å². The van der Waals surface area contributed by atoms with Crippen LogP contribution in [0.25, 0.3) is 0 Å². The molecule has 0 fully saturated rings. The fourth-order valence-electron chi connectivity index (χ4n) is 0.421. The Labute approximate surface area is 65.0 Å². The Hall–Kier alpha value is -0.660. The van der Waals surface area contributed by atoms with Crippen LogP contribution in [0.3, 0.4) is 0 Å². The minimum atomic E-state index is -3.55. The lowest BCUT2D eigenvalue weighted by Crippen LogP contribution is -2.38. The van der Waals surface area contributed by atoms with Gasteiger partial charge in [0.2, 0.25) is 15.9 Å². The van der Waals surface area contributed by atoms with Crippen molar-refractivity contribution in [3.05, 3.63) is 0 Å². The summed E-state index contributed by atoms with van der Waals surface area (Å²) in [4.78, 5) is 10.4. The lowest BCUT2D eigenvalue weighted by molar-refractivity contribution is -0.118. The van der Waals surface area contributed by atoms with E-state index in [0.717, 1.165) is 0 Å². The Bertz CT molecular complexity index is 223. The summed E-state index contributed by atoms with van der Waals surface area (Å²) in [5.41, 5.74) is 9.84. The first-order valence-corrected chi connectivity index (χ1v) is 4.60. The van der Waals surface area contributed by atoms with E-state index in [9.17, 15) is 13.2 Å². The van der Waals surface area contributed by atoms with E-state index in [4.69, 9.17) is 11.5 Å². The zero-order valence-electron chi connectivity index (χ0n) is 5.91. The molecule has 0 radical (unpaired) electrons. The Morgan fingerprint density at radius 1 is 1.36 bits per heavy atom. The van der Waals surface area contributed by atoms with Crippen LogP contribution in [0.2, 0.25) is 0 Å². The third kappa shape index (κ3) is 4.71. The van der Waals surface area contributed by atoms with E-state index in [0.29, 0.717) is 0 Å². The minimum Gasteiger partial charge on any atom is -0.329 e. The van der Waals surface area contributed by atoms with Crippen molar-refractivity contribution in [3.8, 4) is 0 Å². The largest absolute Gasteiger partial charge is 0.329 e. The van der Waals surface area contributed by atoms with Crippen LogP contribution in [0, 0.1) is 0 Å². The van der Waals surface area contributed by atoms with Gasteiger partial charge in [-0.05, 0) is 0 Å². The van der Waals surface area contributed by atoms with E-state index in [2.05, 4.69) is 0 Å². The normalized spacial score (nSPS) is 11.1. The highest BCUT2D eigenvalue weighted by atomic mass is 32.2. The zero-order valence-corrected chi connectivity index (χ0v) is 6.73. The highest BCUT2D eigenvalue weighted by Crippen LogP contribution is 1.80. The van der Waals surface area contributed by atoms with Crippen LogP contribution < -0.4 is 16.2 Å². The molecule has 0 rings (SSSR count). The Balaban J connectivity index is 4.03. The summed E-state index contributed by atoms with van der Waals surface area (Å²) in [6, 6.07) is 0. The molecule has 0 atom stereocenters. The molecule has 0 aromatic heterocycles. The molecule has 1 amide bonds. The SMILES string of the molecule is NCCS(=O)(=O)NC(=O)CN. The summed E-state index contributed by atoms with van der Waals surface area (Å²) in [5, 5.41) is 0. The second-order valence-corrected chi connectivity index (χ2v) is 3.68. The van der Waals surface area contributed by atoms with Gasteiger partial charge in [-0.2, -0.15) is 0 Å². The maximum atomic E-state index is 10.7. The number of carbonyl (C=O) groups is 1. The van der Waals surface area contributed by atoms with Gasteiger partial charge >= 0.3 is 0 Å². The van der Waals surface area contributed by atoms with E-state index >= 15 is 0 Å². The van der Waals surface area contributed by atoms with Crippen molar-refractivity contribution in [2.45, 2.75) is 0 Å². The molecule has 0 aliphatic carbocycles. The average Bonchev–Trinajstić information content (AvgIpc) is 1.86. The van der Waals surface area contributed by atoms with Gasteiger partial charge in [-0.25, -0.2) is 8.42 Å². The molecule has 0 aromatic rings. The number of hydrogen-bond acceptors (Lipinski definition) is 5. The topological polar surface area (TPSA) is 115 Å². The van der Waals surface area contributed by atoms with Crippen LogP contribution >= 0.6 is 0 Å². The summed E-state index contributed by atoms with van der Waals surface area (Å²) in [6.07, 6.45) is 0. The number of nitrogens with two attached hydrogens (primary N) is 2. The van der Waals surface area contributed by atoms with E-state index in [1.165, 1.54) is 0 Å². The first kappa shape index (κ1) is 10.3. The fraction of sp³-hybridized carbons (Fsp3) is 0.750. The lowest BCUT2D eigenvalue weighted by Gasteiger charge is -2.02. The molecule has 0 aliphatic heterocycles. The average molecular weight is 181 g/mol. The van der Waals surface area contributed by atoms with Gasteiger partial charge in [0.05, 0.1) is 12.3 Å². The third-order valence-corrected chi connectivity index (χ3v) is 2.15. The third-order valence-electron chi connectivity index (χ3n) is 0.841. The number of amides is 1. The van der Waals surface area contributed by atoms with E-state index in [1.54, 1.807) is 4.72 Å². The first-order valence-electron chi connectivity index (χ1n) is 2.95. The van der Waals surface area contributed by atoms with Crippen LogP contribution in [-0.2, 0) is 14.8 Å². The highest BCUT2D eigenvalue weighted by Gasteiger charge is 2.11. The molecule has 0 heterocycles. The number of carbonyl (C=O) groups excluding carboxylic acids is 1. The molecule has 5 N–H and O–H groups in total. The van der Waals surface area contributed by atoms with Crippen molar-refractivity contribution in [2.24, 2.45) is 11.5 Å². The van der Waals surface area contributed by atoms with Crippen LogP contribution in [0.4, 0.5) is 0 Å². The molecule has 0 unspecified atom stereocenters. The standard InChI is InChI=1S/C4H11N3O3S/c5-1-2-11(9,10)7-4(8)3-6/h1-3,5-6H2,(H,7,8). The second kappa shape index (κ2) is 4.27. The van der Waals surface area contributed by atoms with Crippen LogP contribution in [-0.4, -0.2) is 33.2 Å². The summed E-state index contributed by atoms with van der Waals surface area (Å²) in [7, 11) is -3.55. The molecule has 7 heteroatoms. The van der Waals surface area contributed by atoms with Crippen molar-refractivity contribution in [1.29, 1.82) is 0 Å². The van der Waals surface area contributed by atoms with Gasteiger partial charge in [-0.1, -0.05) is 0 Å².